The van der Waals surface area contributed by atoms with Crippen LogP contribution in [0.4, 0.5) is 4.39 Å². The number of piperazine rings is 1. The largest absolute Gasteiger partial charge is 0.338 e. The van der Waals surface area contributed by atoms with E-state index in [9.17, 15) is 17.6 Å². The molecule has 144 valence electrons. The Bertz CT molecular complexity index is 748. The van der Waals surface area contributed by atoms with Gasteiger partial charge in [-0.15, -0.1) is 0 Å². The molecule has 1 aromatic rings. The number of hydrogen-bond donors (Lipinski definition) is 1. The number of likely N-dealkylation sites (tertiary alicyclic amines) is 1. The summed E-state index contributed by atoms with van der Waals surface area (Å²) in [6, 6.07) is 5.46. The molecule has 6 nitrogen and oxygen atoms in total. The lowest BCUT2D eigenvalue weighted by molar-refractivity contribution is -0.896. The molecule has 0 saturated carbocycles. The number of sulfonamides is 1. The maximum Gasteiger partial charge on any atom is 0.277 e. The average Bonchev–Trinajstić information content (AvgIpc) is 2.62. The molecule has 1 aromatic carbocycles. The molecule has 0 bridgehead atoms. The standard InChI is InChI=1S/C18H26FN3O3S/c1-15-5-4-8-21(13-15)18(23)14-20-9-11-22(12-10-20)26(24,25)17-7-3-2-6-16(17)19/h2-3,6-7,15H,4-5,8-14H2,1H3/p+1/t15-/m1/s1. The lowest BCUT2D eigenvalue weighted by Gasteiger charge is -2.34. The van der Waals surface area contributed by atoms with Crippen molar-refractivity contribution in [2.45, 2.75) is 24.7 Å². The van der Waals surface area contributed by atoms with E-state index >= 15 is 0 Å². The van der Waals surface area contributed by atoms with Crippen LogP contribution in [0, 0.1) is 11.7 Å². The first-order valence-corrected chi connectivity index (χ1v) is 10.7. The Morgan fingerprint density at radius 1 is 1.23 bits per heavy atom. The first-order valence-electron chi connectivity index (χ1n) is 9.24. The molecule has 0 aromatic heterocycles. The van der Waals surface area contributed by atoms with Crippen molar-refractivity contribution in [3.8, 4) is 0 Å². The molecular formula is C18H27FN3O3S+. The smallest absolute Gasteiger partial charge is 0.277 e. The first kappa shape index (κ1) is 19.3. The average molecular weight is 384 g/mol. The quantitative estimate of drug-likeness (QED) is 0.793. The van der Waals surface area contributed by atoms with Gasteiger partial charge in [0.05, 0.1) is 26.2 Å². The van der Waals surface area contributed by atoms with E-state index in [1.807, 2.05) is 4.90 Å². The molecule has 0 radical (unpaired) electrons. The number of nitrogens with zero attached hydrogens (tertiary/aromatic N) is 2. The van der Waals surface area contributed by atoms with Crippen LogP contribution in [0.15, 0.2) is 29.2 Å². The van der Waals surface area contributed by atoms with E-state index in [2.05, 4.69) is 6.92 Å². The topological polar surface area (TPSA) is 62.1 Å². The van der Waals surface area contributed by atoms with Crippen LogP contribution in [0.3, 0.4) is 0 Å². The highest BCUT2D eigenvalue weighted by atomic mass is 32.2. The Kier molecular flexibility index (Phi) is 5.94. The summed E-state index contributed by atoms with van der Waals surface area (Å²) in [6.07, 6.45) is 2.22. The molecule has 0 spiro atoms. The third-order valence-electron chi connectivity index (χ3n) is 5.29. The van der Waals surface area contributed by atoms with E-state index in [1.165, 1.54) is 28.9 Å². The Morgan fingerprint density at radius 2 is 1.92 bits per heavy atom. The molecule has 8 heteroatoms. The molecule has 2 fully saturated rings. The van der Waals surface area contributed by atoms with Crippen molar-refractivity contribution in [2.24, 2.45) is 5.92 Å². The van der Waals surface area contributed by atoms with Gasteiger partial charge in [-0.05, 0) is 30.9 Å². The monoisotopic (exact) mass is 384 g/mol. The minimum Gasteiger partial charge on any atom is -0.338 e. The molecule has 1 N–H and O–H groups in total. The van der Waals surface area contributed by atoms with E-state index in [-0.39, 0.29) is 10.8 Å². The zero-order valence-electron chi connectivity index (χ0n) is 15.2. The molecule has 1 atom stereocenters. The van der Waals surface area contributed by atoms with Crippen LogP contribution < -0.4 is 4.90 Å². The lowest BCUT2D eigenvalue weighted by atomic mass is 10.0. The number of piperidine rings is 1. The van der Waals surface area contributed by atoms with E-state index in [0.29, 0.717) is 38.6 Å². The second-order valence-corrected chi connectivity index (χ2v) is 9.25. The maximum atomic E-state index is 13.9. The second kappa shape index (κ2) is 8.02. The Hall–Kier alpha value is -1.51. The van der Waals surface area contributed by atoms with Crippen LogP contribution in [0.25, 0.3) is 0 Å². The number of amides is 1. The SMILES string of the molecule is C[C@@H]1CCCN(C(=O)C[NH+]2CCN(S(=O)(=O)c3ccccc3F)CC2)C1. The van der Waals surface area contributed by atoms with Crippen molar-refractivity contribution in [1.29, 1.82) is 0 Å². The molecular weight excluding hydrogens is 357 g/mol. The number of benzene rings is 1. The van der Waals surface area contributed by atoms with E-state index in [0.717, 1.165) is 30.5 Å². The van der Waals surface area contributed by atoms with Gasteiger partial charge in [0.1, 0.15) is 10.7 Å². The van der Waals surface area contributed by atoms with E-state index < -0.39 is 15.8 Å². The maximum absolute atomic E-state index is 13.9. The van der Waals surface area contributed by atoms with Crippen LogP contribution in [0.1, 0.15) is 19.8 Å². The second-order valence-electron chi connectivity index (χ2n) is 7.35. The van der Waals surface area contributed by atoms with Gasteiger partial charge in [0, 0.05) is 13.1 Å². The summed E-state index contributed by atoms with van der Waals surface area (Å²) in [7, 11) is -3.82. The van der Waals surface area contributed by atoms with Crippen LogP contribution in [-0.4, -0.2) is 69.3 Å². The van der Waals surface area contributed by atoms with Gasteiger partial charge in [-0.1, -0.05) is 19.1 Å². The Balaban J connectivity index is 1.56. The van der Waals surface area contributed by atoms with Gasteiger partial charge in [-0.2, -0.15) is 4.31 Å². The van der Waals surface area contributed by atoms with Gasteiger partial charge in [-0.3, -0.25) is 4.79 Å². The highest BCUT2D eigenvalue weighted by molar-refractivity contribution is 7.89. The number of rotatable bonds is 4. The molecule has 3 rings (SSSR count). The van der Waals surface area contributed by atoms with Gasteiger partial charge in [0.25, 0.3) is 5.91 Å². The van der Waals surface area contributed by atoms with Crippen molar-refractivity contribution < 1.29 is 22.5 Å². The number of halogens is 1. The van der Waals surface area contributed by atoms with Crippen LogP contribution in [-0.2, 0) is 14.8 Å². The van der Waals surface area contributed by atoms with Gasteiger partial charge in [0.2, 0.25) is 10.0 Å². The highest BCUT2D eigenvalue weighted by Gasteiger charge is 2.33. The summed E-state index contributed by atoms with van der Waals surface area (Å²) in [6.45, 7) is 5.93. The summed E-state index contributed by atoms with van der Waals surface area (Å²) in [4.78, 5) is 15.2. The van der Waals surface area contributed by atoms with Gasteiger partial charge in [0.15, 0.2) is 6.54 Å². The normalized spacial score (nSPS) is 23.2. The number of nitrogens with one attached hydrogen (secondary N) is 1. The van der Waals surface area contributed by atoms with Crippen LogP contribution in [0.2, 0.25) is 0 Å². The third-order valence-corrected chi connectivity index (χ3v) is 7.23. The highest BCUT2D eigenvalue weighted by Crippen LogP contribution is 2.19. The number of quaternary nitrogens is 1. The van der Waals surface area contributed by atoms with E-state index in [4.69, 9.17) is 0 Å². The van der Waals surface area contributed by atoms with Crippen LogP contribution in [0.5, 0.6) is 0 Å². The summed E-state index contributed by atoms with van der Waals surface area (Å²) in [5.41, 5.74) is 0. The molecule has 0 unspecified atom stereocenters. The Morgan fingerprint density at radius 3 is 2.58 bits per heavy atom. The third kappa shape index (κ3) is 4.24. The zero-order valence-corrected chi connectivity index (χ0v) is 16.0. The summed E-state index contributed by atoms with van der Waals surface area (Å²) in [5.74, 6) is -0.0286. The van der Waals surface area contributed by atoms with Crippen LogP contribution >= 0.6 is 0 Å². The fourth-order valence-electron chi connectivity index (χ4n) is 3.75. The van der Waals surface area contributed by atoms with Gasteiger partial charge >= 0.3 is 0 Å². The van der Waals surface area contributed by atoms with Crippen molar-refractivity contribution in [1.82, 2.24) is 9.21 Å². The van der Waals surface area contributed by atoms with Crippen molar-refractivity contribution >= 4 is 15.9 Å². The Labute approximate surface area is 154 Å². The predicted octanol–water partition coefficient (Wildman–Crippen LogP) is -0.0266. The summed E-state index contributed by atoms with van der Waals surface area (Å²) < 4.78 is 40.4. The summed E-state index contributed by atoms with van der Waals surface area (Å²) >= 11 is 0. The van der Waals surface area contributed by atoms with E-state index in [1.54, 1.807) is 0 Å². The van der Waals surface area contributed by atoms with Crippen molar-refractivity contribution in [3.05, 3.63) is 30.1 Å². The fraction of sp³-hybridized carbons (Fsp3) is 0.611. The van der Waals surface area contributed by atoms with Gasteiger partial charge < -0.3 is 9.80 Å². The number of hydrogen-bond acceptors (Lipinski definition) is 3. The molecule has 26 heavy (non-hydrogen) atoms. The molecule has 2 aliphatic rings. The molecule has 2 aliphatic heterocycles. The van der Waals surface area contributed by atoms with Crippen molar-refractivity contribution in [2.75, 3.05) is 45.8 Å². The minimum absolute atomic E-state index is 0.150. The molecule has 1 amide bonds. The molecule has 2 heterocycles. The molecule has 2 saturated heterocycles. The first-order chi connectivity index (χ1) is 12.4. The predicted molar refractivity (Wildman–Crippen MR) is 95.7 cm³/mol. The zero-order chi connectivity index (χ0) is 18.7. The van der Waals surface area contributed by atoms with Gasteiger partial charge in [-0.25, -0.2) is 12.8 Å². The van der Waals surface area contributed by atoms with Crippen molar-refractivity contribution in [3.63, 3.8) is 0 Å². The molecule has 0 aliphatic carbocycles. The number of carbonyl (C=O) groups is 1. The number of carbonyl (C=O) groups excluding carboxylic acids is 1. The fourth-order valence-corrected chi connectivity index (χ4v) is 5.26. The summed E-state index contributed by atoms with van der Waals surface area (Å²) in [5, 5.41) is 0. The lowest BCUT2D eigenvalue weighted by Crippen LogP contribution is -3.15. The minimum atomic E-state index is -3.82.